The zero-order chi connectivity index (χ0) is 16.3. The number of hydrogen-bond acceptors (Lipinski definition) is 4. The molecule has 1 aliphatic heterocycles. The third-order valence-corrected chi connectivity index (χ3v) is 5.75. The molecular formula is C15H20ClNO4S. The Balaban J connectivity index is 2.33. The van der Waals surface area contributed by atoms with Crippen molar-refractivity contribution in [2.45, 2.75) is 25.8 Å². The number of nitrogens with zero attached hydrogens (tertiary/aromatic N) is 1. The first-order valence-corrected chi connectivity index (χ1v) is 9.43. The van der Waals surface area contributed by atoms with E-state index in [2.05, 4.69) is 0 Å². The molecule has 0 aliphatic carbocycles. The Kier molecular flexibility index (Phi) is 5.34. The largest absolute Gasteiger partial charge is 0.496 e. The Bertz CT molecular complexity index is 660. The van der Waals surface area contributed by atoms with E-state index >= 15 is 0 Å². The van der Waals surface area contributed by atoms with Crippen LogP contribution < -0.4 is 4.74 Å². The maximum atomic E-state index is 12.9. The van der Waals surface area contributed by atoms with Gasteiger partial charge in [0.1, 0.15) is 5.75 Å². The molecule has 0 saturated carbocycles. The molecule has 122 valence electrons. The SMILES string of the molecule is CCCN(C(=O)c1cc(Cl)ccc1OC)C1CCS(=O)(=O)C1. The lowest BCUT2D eigenvalue weighted by molar-refractivity contribution is 0.0693. The summed E-state index contributed by atoms with van der Waals surface area (Å²) in [5.74, 6) is 0.374. The van der Waals surface area contributed by atoms with Gasteiger partial charge in [0, 0.05) is 17.6 Å². The van der Waals surface area contributed by atoms with E-state index in [1.807, 2.05) is 6.92 Å². The fraction of sp³-hybridized carbons (Fsp3) is 0.533. The molecule has 1 amide bonds. The fourth-order valence-corrected chi connectivity index (χ4v) is 4.62. The zero-order valence-electron chi connectivity index (χ0n) is 12.7. The Morgan fingerprint density at radius 3 is 2.73 bits per heavy atom. The van der Waals surface area contributed by atoms with Gasteiger partial charge in [-0.25, -0.2) is 8.42 Å². The monoisotopic (exact) mass is 345 g/mol. The summed E-state index contributed by atoms with van der Waals surface area (Å²) in [7, 11) is -1.56. The van der Waals surface area contributed by atoms with Crippen molar-refractivity contribution in [3.63, 3.8) is 0 Å². The number of sulfone groups is 1. The molecule has 1 saturated heterocycles. The molecule has 1 aliphatic rings. The van der Waals surface area contributed by atoms with E-state index < -0.39 is 9.84 Å². The highest BCUT2D eigenvalue weighted by Gasteiger charge is 2.35. The highest BCUT2D eigenvalue weighted by atomic mass is 35.5. The van der Waals surface area contributed by atoms with Gasteiger partial charge in [-0.2, -0.15) is 0 Å². The van der Waals surface area contributed by atoms with E-state index in [1.165, 1.54) is 7.11 Å². The molecule has 1 fully saturated rings. The number of halogens is 1. The summed E-state index contributed by atoms with van der Waals surface area (Å²) in [4.78, 5) is 14.5. The fourth-order valence-electron chi connectivity index (χ4n) is 2.71. The van der Waals surface area contributed by atoms with Crippen molar-refractivity contribution in [3.8, 4) is 5.75 Å². The molecule has 22 heavy (non-hydrogen) atoms. The molecule has 0 spiro atoms. The highest BCUT2D eigenvalue weighted by Crippen LogP contribution is 2.27. The Morgan fingerprint density at radius 2 is 2.18 bits per heavy atom. The minimum atomic E-state index is -3.05. The van der Waals surface area contributed by atoms with Crippen LogP contribution in [0, 0.1) is 0 Å². The molecule has 1 heterocycles. The van der Waals surface area contributed by atoms with Crippen molar-refractivity contribution in [3.05, 3.63) is 28.8 Å². The van der Waals surface area contributed by atoms with Gasteiger partial charge in [0.25, 0.3) is 5.91 Å². The van der Waals surface area contributed by atoms with Crippen molar-refractivity contribution < 1.29 is 17.9 Å². The lowest BCUT2D eigenvalue weighted by Crippen LogP contribution is -2.41. The van der Waals surface area contributed by atoms with E-state index in [9.17, 15) is 13.2 Å². The van der Waals surface area contributed by atoms with Crippen LogP contribution in [0.4, 0.5) is 0 Å². The van der Waals surface area contributed by atoms with Crippen molar-refractivity contribution in [1.82, 2.24) is 4.90 Å². The highest BCUT2D eigenvalue weighted by molar-refractivity contribution is 7.91. The van der Waals surface area contributed by atoms with Crippen LogP contribution in [0.15, 0.2) is 18.2 Å². The summed E-state index contributed by atoms with van der Waals surface area (Å²) in [6.45, 7) is 2.47. The average molecular weight is 346 g/mol. The first-order chi connectivity index (χ1) is 10.4. The smallest absolute Gasteiger partial charge is 0.257 e. The van der Waals surface area contributed by atoms with Crippen LogP contribution in [0.3, 0.4) is 0 Å². The second-order valence-corrected chi connectivity index (χ2v) is 8.07. The quantitative estimate of drug-likeness (QED) is 0.822. The van der Waals surface area contributed by atoms with Gasteiger partial charge in [0.2, 0.25) is 0 Å². The van der Waals surface area contributed by atoms with Crippen LogP contribution in [0.2, 0.25) is 5.02 Å². The summed E-state index contributed by atoms with van der Waals surface area (Å²) in [6.07, 6.45) is 1.24. The van der Waals surface area contributed by atoms with Crippen molar-refractivity contribution in [2.75, 3.05) is 25.2 Å². The third-order valence-electron chi connectivity index (χ3n) is 3.77. The van der Waals surface area contributed by atoms with E-state index in [0.29, 0.717) is 29.3 Å². The normalized spacial score (nSPS) is 19.9. The molecule has 0 aromatic heterocycles. The van der Waals surface area contributed by atoms with Crippen LogP contribution in [0.25, 0.3) is 0 Å². The maximum Gasteiger partial charge on any atom is 0.257 e. The molecule has 1 atom stereocenters. The van der Waals surface area contributed by atoms with Crippen LogP contribution >= 0.6 is 11.6 Å². The van der Waals surface area contributed by atoms with E-state index in [0.717, 1.165) is 6.42 Å². The van der Waals surface area contributed by atoms with E-state index in [4.69, 9.17) is 16.3 Å². The second-order valence-electron chi connectivity index (χ2n) is 5.40. The molecule has 2 rings (SSSR count). The topological polar surface area (TPSA) is 63.7 Å². The number of ether oxygens (including phenoxy) is 1. The van der Waals surface area contributed by atoms with Gasteiger partial charge in [0.15, 0.2) is 9.84 Å². The summed E-state index contributed by atoms with van der Waals surface area (Å²) in [5, 5.41) is 0.444. The summed E-state index contributed by atoms with van der Waals surface area (Å²) < 4.78 is 28.6. The molecule has 7 heteroatoms. The van der Waals surface area contributed by atoms with Gasteiger partial charge < -0.3 is 9.64 Å². The lowest BCUT2D eigenvalue weighted by atomic mass is 10.1. The van der Waals surface area contributed by atoms with Crippen LogP contribution in [0.5, 0.6) is 5.75 Å². The standard InChI is InChI=1S/C15H20ClNO4S/c1-3-7-17(12-6-8-22(19,20)10-12)15(18)13-9-11(16)4-5-14(13)21-2/h4-5,9,12H,3,6-8,10H2,1-2H3. The number of benzene rings is 1. The second kappa shape index (κ2) is 6.87. The number of rotatable bonds is 5. The van der Waals surface area contributed by atoms with Crippen molar-refractivity contribution >= 4 is 27.3 Å². The summed E-state index contributed by atoms with van der Waals surface area (Å²) >= 11 is 5.98. The predicted molar refractivity (Wildman–Crippen MR) is 86.4 cm³/mol. The van der Waals surface area contributed by atoms with E-state index in [-0.39, 0.29) is 23.5 Å². The molecule has 0 bridgehead atoms. The minimum Gasteiger partial charge on any atom is -0.496 e. The molecule has 0 N–H and O–H groups in total. The van der Waals surface area contributed by atoms with Crippen LogP contribution in [0.1, 0.15) is 30.1 Å². The summed E-state index contributed by atoms with van der Waals surface area (Å²) in [6, 6.07) is 4.59. The molecule has 1 aromatic rings. The third kappa shape index (κ3) is 3.73. The maximum absolute atomic E-state index is 12.9. The first-order valence-electron chi connectivity index (χ1n) is 7.23. The number of hydrogen-bond donors (Lipinski definition) is 0. The van der Waals surface area contributed by atoms with Gasteiger partial charge >= 0.3 is 0 Å². The Hall–Kier alpha value is -1.27. The molecule has 0 radical (unpaired) electrons. The van der Waals surface area contributed by atoms with Crippen LogP contribution in [-0.2, 0) is 9.84 Å². The number of methoxy groups -OCH3 is 1. The zero-order valence-corrected chi connectivity index (χ0v) is 14.3. The Labute approximate surface area is 136 Å². The number of carbonyl (C=O) groups is 1. The molecule has 1 unspecified atom stereocenters. The first kappa shape index (κ1) is 17.1. The van der Waals surface area contributed by atoms with Crippen LogP contribution in [-0.4, -0.2) is 50.4 Å². The molecule has 1 aromatic carbocycles. The average Bonchev–Trinajstić information content (AvgIpc) is 2.84. The van der Waals surface area contributed by atoms with Gasteiger partial charge in [-0.3, -0.25) is 4.79 Å². The van der Waals surface area contributed by atoms with Gasteiger partial charge in [-0.15, -0.1) is 0 Å². The minimum absolute atomic E-state index is 0.0294. The van der Waals surface area contributed by atoms with Gasteiger partial charge in [0.05, 0.1) is 24.2 Å². The van der Waals surface area contributed by atoms with Gasteiger partial charge in [-0.05, 0) is 31.0 Å². The summed E-state index contributed by atoms with van der Waals surface area (Å²) in [5.41, 5.74) is 0.368. The lowest BCUT2D eigenvalue weighted by Gasteiger charge is -2.28. The molecular weight excluding hydrogens is 326 g/mol. The number of carbonyl (C=O) groups excluding carboxylic acids is 1. The van der Waals surface area contributed by atoms with Crippen molar-refractivity contribution in [2.24, 2.45) is 0 Å². The van der Waals surface area contributed by atoms with Crippen molar-refractivity contribution in [1.29, 1.82) is 0 Å². The van der Waals surface area contributed by atoms with E-state index in [1.54, 1.807) is 23.1 Å². The molecule has 5 nitrogen and oxygen atoms in total. The number of amides is 1. The predicted octanol–water partition coefficient (Wildman–Crippen LogP) is 2.39. The Morgan fingerprint density at radius 1 is 1.45 bits per heavy atom. The van der Waals surface area contributed by atoms with Gasteiger partial charge in [-0.1, -0.05) is 18.5 Å².